The molecule has 0 unspecified atom stereocenters. The van der Waals surface area contributed by atoms with Crippen LogP contribution in [0.4, 0.5) is 0 Å². The molecule has 1 spiro atoms. The lowest BCUT2D eigenvalue weighted by Crippen LogP contribution is -2.58. The quantitative estimate of drug-likeness (QED) is 0.826. The lowest BCUT2D eigenvalue weighted by atomic mass is 9.47. The fraction of sp³-hybridized carbons (Fsp3) is 0.571. The van der Waals surface area contributed by atoms with Crippen molar-refractivity contribution in [2.45, 2.75) is 37.6 Å². The number of nitrogens with two attached hydrogens (primary N) is 1. The van der Waals surface area contributed by atoms with E-state index >= 15 is 0 Å². The summed E-state index contributed by atoms with van der Waals surface area (Å²) in [7, 11) is 1.69. The van der Waals surface area contributed by atoms with Crippen molar-refractivity contribution in [2.75, 3.05) is 7.11 Å². The van der Waals surface area contributed by atoms with E-state index in [1.165, 1.54) is 37.7 Å². The molecule has 2 saturated carbocycles. The van der Waals surface area contributed by atoms with E-state index in [2.05, 4.69) is 12.1 Å². The maximum atomic E-state index is 6.46. The molecule has 3 rings (SSSR count). The van der Waals surface area contributed by atoms with E-state index in [-0.39, 0.29) is 5.54 Å². The molecule has 2 heteroatoms. The van der Waals surface area contributed by atoms with Crippen molar-refractivity contribution >= 4 is 0 Å². The molecule has 0 radical (unpaired) electrons. The molecular weight excluding hydrogens is 198 g/mol. The number of ether oxygens (including phenoxy) is 1. The third-order valence-corrected chi connectivity index (χ3v) is 4.46. The highest BCUT2D eigenvalue weighted by Crippen LogP contribution is 2.62. The largest absolute Gasteiger partial charge is 0.497 e. The van der Waals surface area contributed by atoms with Crippen LogP contribution in [0, 0.1) is 5.41 Å². The molecule has 0 heterocycles. The topological polar surface area (TPSA) is 35.2 Å². The summed E-state index contributed by atoms with van der Waals surface area (Å²) >= 11 is 0. The molecule has 2 N–H and O–H groups in total. The van der Waals surface area contributed by atoms with Crippen molar-refractivity contribution in [3.63, 3.8) is 0 Å². The Bertz CT molecular complexity index is 384. The minimum atomic E-state index is -0.0628. The van der Waals surface area contributed by atoms with Crippen LogP contribution < -0.4 is 10.5 Å². The maximum absolute atomic E-state index is 6.46. The molecule has 2 fully saturated rings. The fourth-order valence-electron chi connectivity index (χ4n) is 3.44. The van der Waals surface area contributed by atoms with Gasteiger partial charge in [-0.2, -0.15) is 0 Å². The van der Waals surface area contributed by atoms with Gasteiger partial charge in [0, 0.05) is 5.54 Å². The average Bonchev–Trinajstić information content (AvgIpc) is 2.22. The van der Waals surface area contributed by atoms with Gasteiger partial charge in [-0.15, -0.1) is 0 Å². The van der Waals surface area contributed by atoms with E-state index in [9.17, 15) is 0 Å². The van der Waals surface area contributed by atoms with Gasteiger partial charge in [-0.25, -0.2) is 0 Å². The number of benzene rings is 1. The zero-order valence-corrected chi connectivity index (χ0v) is 9.83. The van der Waals surface area contributed by atoms with Gasteiger partial charge in [0.15, 0.2) is 0 Å². The molecule has 2 aliphatic carbocycles. The number of hydrogen-bond donors (Lipinski definition) is 1. The standard InChI is InChI=1S/C14H19NO/c1-16-12-5-3-11(4-6-12)14(15)9-13(10-14)7-2-8-13/h3-6H,2,7-10,15H2,1H3. The summed E-state index contributed by atoms with van der Waals surface area (Å²) < 4.78 is 5.17. The molecule has 0 amide bonds. The van der Waals surface area contributed by atoms with Crippen molar-refractivity contribution in [2.24, 2.45) is 11.1 Å². The predicted octanol–water partition coefficient (Wildman–Crippen LogP) is 2.81. The van der Waals surface area contributed by atoms with Gasteiger partial charge in [0.25, 0.3) is 0 Å². The van der Waals surface area contributed by atoms with Crippen molar-refractivity contribution in [1.29, 1.82) is 0 Å². The first-order valence-corrected chi connectivity index (χ1v) is 6.09. The second-order valence-electron chi connectivity index (χ2n) is 5.59. The zero-order valence-electron chi connectivity index (χ0n) is 9.83. The van der Waals surface area contributed by atoms with Crippen LogP contribution in [0.1, 0.15) is 37.7 Å². The Morgan fingerprint density at radius 2 is 1.75 bits per heavy atom. The third-order valence-electron chi connectivity index (χ3n) is 4.46. The third kappa shape index (κ3) is 1.36. The minimum Gasteiger partial charge on any atom is -0.497 e. The van der Waals surface area contributed by atoms with E-state index < -0.39 is 0 Å². The first-order chi connectivity index (χ1) is 7.66. The van der Waals surface area contributed by atoms with Crippen LogP contribution in [0.15, 0.2) is 24.3 Å². The van der Waals surface area contributed by atoms with Gasteiger partial charge in [-0.05, 0) is 48.8 Å². The highest BCUT2D eigenvalue weighted by atomic mass is 16.5. The number of hydrogen-bond acceptors (Lipinski definition) is 2. The first-order valence-electron chi connectivity index (χ1n) is 6.09. The molecule has 2 aliphatic rings. The van der Waals surface area contributed by atoms with Crippen LogP contribution in [0.2, 0.25) is 0 Å². The zero-order chi connectivity index (χ0) is 11.2. The smallest absolute Gasteiger partial charge is 0.118 e. The lowest BCUT2D eigenvalue weighted by molar-refractivity contribution is -0.0462. The number of methoxy groups -OCH3 is 1. The Kier molecular flexibility index (Phi) is 2.05. The summed E-state index contributed by atoms with van der Waals surface area (Å²) in [5.41, 5.74) is 8.29. The molecule has 0 atom stereocenters. The van der Waals surface area contributed by atoms with E-state index in [4.69, 9.17) is 10.5 Å². The Labute approximate surface area is 96.8 Å². The van der Waals surface area contributed by atoms with Crippen LogP contribution in [-0.4, -0.2) is 7.11 Å². The van der Waals surface area contributed by atoms with E-state index in [1.807, 2.05) is 12.1 Å². The van der Waals surface area contributed by atoms with E-state index in [0.717, 1.165) is 5.75 Å². The van der Waals surface area contributed by atoms with Crippen LogP contribution in [0.5, 0.6) is 5.75 Å². The molecule has 16 heavy (non-hydrogen) atoms. The summed E-state index contributed by atoms with van der Waals surface area (Å²) in [6, 6.07) is 8.25. The maximum Gasteiger partial charge on any atom is 0.118 e. The monoisotopic (exact) mass is 217 g/mol. The van der Waals surface area contributed by atoms with Gasteiger partial charge in [-0.1, -0.05) is 18.6 Å². The van der Waals surface area contributed by atoms with E-state index in [0.29, 0.717) is 5.41 Å². The van der Waals surface area contributed by atoms with Gasteiger partial charge < -0.3 is 10.5 Å². The minimum absolute atomic E-state index is 0.0628. The molecule has 1 aromatic rings. The van der Waals surface area contributed by atoms with Gasteiger partial charge in [0.2, 0.25) is 0 Å². The fourth-order valence-corrected chi connectivity index (χ4v) is 3.44. The summed E-state index contributed by atoms with van der Waals surface area (Å²) in [6.45, 7) is 0. The molecule has 0 aromatic heterocycles. The first kappa shape index (κ1) is 10.2. The van der Waals surface area contributed by atoms with Gasteiger partial charge in [0.1, 0.15) is 5.75 Å². The van der Waals surface area contributed by atoms with Crippen molar-refractivity contribution in [3.05, 3.63) is 29.8 Å². The summed E-state index contributed by atoms with van der Waals surface area (Å²) in [4.78, 5) is 0. The normalized spacial score (nSPS) is 24.6. The number of rotatable bonds is 2. The second kappa shape index (κ2) is 3.24. The molecule has 2 nitrogen and oxygen atoms in total. The lowest BCUT2D eigenvalue weighted by Gasteiger charge is -2.60. The molecular formula is C14H19NO. The molecule has 0 bridgehead atoms. The molecule has 86 valence electrons. The Morgan fingerprint density at radius 1 is 1.12 bits per heavy atom. The van der Waals surface area contributed by atoms with Crippen molar-refractivity contribution in [3.8, 4) is 5.75 Å². The van der Waals surface area contributed by atoms with Crippen molar-refractivity contribution < 1.29 is 4.74 Å². The summed E-state index contributed by atoms with van der Waals surface area (Å²) in [5, 5.41) is 0. The van der Waals surface area contributed by atoms with Crippen LogP contribution in [0.25, 0.3) is 0 Å². The molecule has 0 aliphatic heterocycles. The van der Waals surface area contributed by atoms with Crippen LogP contribution in [0.3, 0.4) is 0 Å². The highest BCUT2D eigenvalue weighted by molar-refractivity contribution is 5.34. The Morgan fingerprint density at radius 3 is 2.19 bits per heavy atom. The van der Waals surface area contributed by atoms with Crippen LogP contribution in [-0.2, 0) is 5.54 Å². The average molecular weight is 217 g/mol. The Hall–Kier alpha value is -1.02. The van der Waals surface area contributed by atoms with Crippen molar-refractivity contribution in [1.82, 2.24) is 0 Å². The van der Waals surface area contributed by atoms with Gasteiger partial charge in [-0.3, -0.25) is 0 Å². The Balaban J connectivity index is 1.77. The van der Waals surface area contributed by atoms with Crippen LogP contribution >= 0.6 is 0 Å². The molecule has 0 saturated heterocycles. The predicted molar refractivity (Wildman–Crippen MR) is 64.4 cm³/mol. The SMILES string of the molecule is COc1ccc(C2(N)CC3(CCC3)C2)cc1. The van der Waals surface area contributed by atoms with E-state index in [1.54, 1.807) is 7.11 Å². The van der Waals surface area contributed by atoms with Gasteiger partial charge in [0.05, 0.1) is 7.11 Å². The molecule has 1 aromatic carbocycles. The summed E-state index contributed by atoms with van der Waals surface area (Å²) in [5.74, 6) is 0.907. The highest BCUT2D eigenvalue weighted by Gasteiger charge is 2.55. The summed E-state index contributed by atoms with van der Waals surface area (Å²) in [6.07, 6.45) is 6.53. The van der Waals surface area contributed by atoms with Gasteiger partial charge >= 0.3 is 0 Å². The second-order valence-corrected chi connectivity index (χ2v) is 5.59.